The third-order valence-corrected chi connectivity index (χ3v) is 3.34. The van der Waals surface area contributed by atoms with Crippen LogP contribution in [0.15, 0.2) is 12.1 Å². The van der Waals surface area contributed by atoms with Gasteiger partial charge >= 0.3 is 0 Å². The molecule has 0 saturated carbocycles. The summed E-state index contributed by atoms with van der Waals surface area (Å²) < 4.78 is 18.5. The van der Waals surface area contributed by atoms with Gasteiger partial charge in [0.05, 0.1) is 11.1 Å². The molecule has 0 heterocycles. The molecule has 0 aromatic heterocycles. The zero-order valence-electron chi connectivity index (χ0n) is 10.1. The van der Waals surface area contributed by atoms with Gasteiger partial charge in [-0.15, -0.1) is 0 Å². The van der Waals surface area contributed by atoms with Gasteiger partial charge in [-0.2, -0.15) is 0 Å². The number of benzene rings is 1. The molecular weight excluding hydrogens is 264 g/mol. The first kappa shape index (κ1) is 14.7. The monoisotopic (exact) mass is 279 g/mol. The molecule has 2 nitrogen and oxygen atoms in total. The van der Waals surface area contributed by atoms with Crippen LogP contribution < -0.4 is 5.32 Å². The van der Waals surface area contributed by atoms with Gasteiger partial charge in [-0.25, -0.2) is 4.39 Å². The quantitative estimate of drug-likeness (QED) is 0.828. The highest BCUT2D eigenvalue weighted by Crippen LogP contribution is 2.32. The predicted octanol–water partition coefficient (Wildman–Crippen LogP) is 3.82. The molecule has 5 heteroatoms. The maximum absolute atomic E-state index is 13.3. The first-order valence-corrected chi connectivity index (χ1v) is 6.12. The smallest absolute Gasteiger partial charge is 0.142 e. The molecule has 96 valence electrons. The van der Waals surface area contributed by atoms with Crippen molar-refractivity contribution in [3.63, 3.8) is 0 Å². The van der Waals surface area contributed by atoms with E-state index in [1.54, 1.807) is 7.11 Å². The molecule has 0 saturated heterocycles. The minimum absolute atomic E-state index is 0.0718. The van der Waals surface area contributed by atoms with E-state index in [0.29, 0.717) is 17.1 Å². The largest absolute Gasteiger partial charge is 0.380 e. The normalized spacial score (nSPS) is 14.7. The lowest BCUT2D eigenvalue weighted by Crippen LogP contribution is -2.28. The summed E-state index contributed by atoms with van der Waals surface area (Å²) in [5.41, 5.74) is 0.580. The van der Waals surface area contributed by atoms with Gasteiger partial charge in [0, 0.05) is 30.3 Å². The van der Waals surface area contributed by atoms with Gasteiger partial charge in [-0.3, -0.25) is 0 Å². The number of hydrogen-bond acceptors (Lipinski definition) is 2. The van der Waals surface area contributed by atoms with E-state index in [1.807, 2.05) is 13.8 Å². The van der Waals surface area contributed by atoms with Crippen molar-refractivity contribution in [1.82, 2.24) is 5.32 Å². The number of halogens is 3. The van der Waals surface area contributed by atoms with E-state index < -0.39 is 5.82 Å². The number of nitrogens with one attached hydrogen (secondary N) is 1. The van der Waals surface area contributed by atoms with Crippen molar-refractivity contribution in [3.8, 4) is 0 Å². The summed E-state index contributed by atoms with van der Waals surface area (Å²) in [5, 5.41) is 3.73. The first-order valence-electron chi connectivity index (χ1n) is 5.37. The van der Waals surface area contributed by atoms with E-state index in [4.69, 9.17) is 27.9 Å². The Morgan fingerprint density at radius 2 is 2.00 bits per heavy atom. The molecule has 2 unspecified atom stereocenters. The van der Waals surface area contributed by atoms with Crippen LogP contribution >= 0.6 is 23.2 Å². The third-order valence-electron chi connectivity index (χ3n) is 2.63. The van der Waals surface area contributed by atoms with Crippen molar-refractivity contribution in [2.45, 2.75) is 26.0 Å². The van der Waals surface area contributed by atoms with Crippen LogP contribution in [0.1, 0.15) is 25.5 Å². The summed E-state index contributed by atoms with van der Waals surface area (Å²) in [4.78, 5) is 0. The molecule has 0 spiro atoms. The van der Waals surface area contributed by atoms with Crippen LogP contribution in [0, 0.1) is 5.82 Å². The van der Waals surface area contributed by atoms with Gasteiger partial charge in [0.1, 0.15) is 5.82 Å². The second-order valence-electron chi connectivity index (χ2n) is 3.93. The summed E-state index contributed by atoms with van der Waals surface area (Å²) in [5.74, 6) is -0.459. The lowest BCUT2D eigenvalue weighted by molar-refractivity contribution is 0.115. The number of methoxy groups -OCH3 is 1. The predicted molar refractivity (Wildman–Crippen MR) is 69.3 cm³/mol. The van der Waals surface area contributed by atoms with Crippen LogP contribution in [0.25, 0.3) is 0 Å². The average molecular weight is 280 g/mol. The highest BCUT2D eigenvalue weighted by molar-refractivity contribution is 6.36. The Labute approximate surface area is 111 Å². The summed E-state index contributed by atoms with van der Waals surface area (Å²) in [6.45, 7) is 4.46. The van der Waals surface area contributed by atoms with E-state index >= 15 is 0 Å². The Kier molecular flexibility index (Phi) is 5.67. The zero-order chi connectivity index (χ0) is 13.0. The number of ether oxygens (including phenoxy) is 1. The Morgan fingerprint density at radius 3 is 2.59 bits per heavy atom. The second kappa shape index (κ2) is 6.55. The van der Waals surface area contributed by atoms with Gasteiger partial charge in [0.15, 0.2) is 0 Å². The molecule has 1 aromatic carbocycles. The lowest BCUT2D eigenvalue weighted by Gasteiger charge is -2.19. The Morgan fingerprint density at radius 1 is 1.35 bits per heavy atom. The summed E-state index contributed by atoms with van der Waals surface area (Å²) in [6, 6.07) is 2.64. The maximum atomic E-state index is 13.3. The van der Waals surface area contributed by atoms with E-state index in [1.165, 1.54) is 12.1 Å². The average Bonchev–Trinajstić information content (AvgIpc) is 2.31. The van der Waals surface area contributed by atoms with Crippen LogP contribution in [0.2, 0.25) is 10.0 Å². The molecule has 0 fully saturated rings. The number of hydrogen-bond donors (Lipinski definition) is 1. The molecule has 1 rings (SSSR count). The van der Waals surface area contributed by atoms with Gasteiger partial charge in [-0.1, -0.05) is 23.2 Å². The van der Waals surface area contributed by atoms with Crippen molar-refractivity contribution in [3.05, 3.63) is 33.6 Å². The maximum Gasteiger partial charge on any atom is 0.142 e. The van der Waals surface area contributed by atoms with Crippen LogP contribution in [-0.4, -0.2) is 19.8 Å². The molecule has 1 N–H and O–H groups in total. The molecule has 0 radical (unpaired) electrons. The molecule has 17 heavy (non-hydrogen) atoms. The van der Waals surface area contributed by atoms with Crippen LogP contribution in [-0.2, 0) is 4.74 Å². The van der Waals surface area contributed by atoms with Crippen molar-refractivity contribution in [2.24, 2.45) is 0 Å². The van der Waals surface area contributed by atoms with Crippen molar-refractivity contribution >= 4 is 23.2 Å². The van der Waals surface area contributed by atoms with Gasteiger partial charge in [0.25, 0.3) is 0 Å². The summed E-state index contributed by atoms with van der Waals surface area (Å²) in [6.07, 6.45) is 0.0727. The molecule has 0 aliphatic carbocycles. The summed E-state index contributed by atoms with van der Waals surface area (Å²) in [7, 11) is 1.64. The highest BCUT2D eigenvalue weighted by atomic mass is 35.5. The minimum Gasteiger partial charge on any atom is -0.380 e. The minimum atomic E-state index is -0.459. The van der Waals surface area contributed by atoms with Crippen LogP contribution in [0.3, 0.4) is 0 Å². The van der Waals surface area contributed by atoms with Crippen LogP contribution in [0.5, 0.6) is 0 Å². The molecule has 0 aliphatic heterocycles. The first-order chi connectivity index (χ1) is 7.97. The van der Waals surface area contributed by atoms with Crippen LogP contribution in [0.4, 0.5) is 4.39 Å². The van der Waals surface area contributed by atoms with E-state index in [-0.39, 0.29) is 17.2 Å². The van der Waals surface area contributed by atoms with Crippen molar-refractivity contribution in [2.75, 3.05) is 13.7 Å². The fourth-order valence-electron chi connectivity index (χ4n) is 1.47. The molecule has 1 aromatic rings. The van der Waals surface area contributed by atoms with Gasteiger partial charge in [0.2, 0.25) is 0 Å². The fourth-order valence-corrected chi connectivity index (χ4v) is 2.17. The molecule has 0 amide bonds. The second-order valence-corrected chi connectivity index (χ2v) is 4.72. The van der Waals surface area contributed by atoms with E-state index in [2.05, 4.69) is 5.32 Å². The third kappa shape index (κ3) is 3.81. The molecular formula is C12H16Cl2FNO. The summed E-state index contributed by atoms with van der Waals surface area (Å²) >= 11 is 11.9. The zero-order valence-corrected chi connectivity index (χ0v) is 11.6. The Bertz CT molecular complexity index is 387. The van der Waals surface area contributed by atoms with Crippen molar-refractivity contribution < 1.29 is 9.13 Å². The van der Waals surface area contributed by atoms with E-state index in [0.717, 1.165) is 0 Å². The topological polar surface area (TPSA) is 21.3 Å². The molecule has 0 bridgehead atoms. The van der Waals surface area contributed by atoms with Gasteiger partial charge in [-0.05, 0) is 26.0 Å². The lowest BCUT2D eigenvalue weighted by atomic mass is 10.1. The fraction of sp³-hybridized carbons (Fsp3) is 0.500. The molecule has 0 aliphatic rings. The van der Waals surface area contributed by atoms with E-state index in [9.17, 15) is 4.39 Å². The highest BCUT2D eigenvalue weighted by Gasteiger charge is 2.17. The standard InChI is InChI=1S/C12H16Cl2FNO/c1-7(17-3)6-16-8(2)11-9(13)4-5-10(15)12(11)14/h4-5,7-8,16H,6H2,1-3H3. The Balaban J connectivity index is 2.81. The van der Waals surface area contributed by atoms with Crippen molar-refractivity contribution in [1.29, 1.82) is 0 Å². The van der Waals surface area contributed by atoms with Gasteiger partial charge < -0.3 is 10.1 Å². The number of rotatable bonds is 5. The Hall–Kier alpha value is -0.350. The molecule has 2 atom stereocenters. The SMILES string of the molecule is COC(C)CNC(C)c1c(Cl)ccc(F)c1Cl.